The van der Waals surface area contributed by atoms with E-state index in [2.05, 4.69) is 39.9 Å². The molecule has 1 fully saturated rings. The molecule has 2 bridgehead atoms. The molecule has 2 aliphatic rings. The van der Waals surface area contributed by atoms with Gasteiger partial charge in [-0.3, -0.25) is 4.90 Å². The minimum absolute atomic E-state index is 0.0462. The molecule has 2 atom stereocenters. The first-order valence-corrected chi connectivity index (χ1v) is 13.5. The molecular formula is C23H35NO4Si. The standard InChI is InChI=1S/C23H35NO4Si/c1-23(2,3)29(4,5)28-12-11-19-13-20-16-26-17-21(14-19)24(20)22(25)27-15-18-9-7-6-8-10-18/h6-10,13,20-21H,11-12,14-17H2,1-5H3. The Morgan fingerprint density at radius 1 is 1.21 bits per heavy atom. The summed E-state index contributed by atoms with van der Waals surface area (Å²) in [5.74, 6) is 0. The molecule has 1 aromatic carbocycles. The Hall–Kier alpha value is -1.63. The largest absolute Gasteiger partial charge is 0.445 e. The lowest BCUT2D eigenvalue weighted by Crippen LogP contribution is -2.56. The van der Waals surface area contributed by atoms with Gasteiger partial charge in [-0.1, -0.05) is 62.8 Å². The van der Waals surface area contributed by atoms with E-state index in [1.54, 1.807) is 0 Å². The molecule has 1 aromatic rings. The number of carbonyl (C=O) groups is 1. The molecule has 29 heavy (non-hydrogen) atoms. The second kappa shape index (κ2) is 9.02. The Morgan fingerprint density at radius 3 is 2.59 bits per heavy atom. The molecule has 0 radical (unpaired) electrons. The van der Waals surface area contributed by atoms with Crippen LogP contribution < -0.4 is 0 Å². The van der Waals surface area contributed by atoms with Gasteiger partial charge in [0.25, 0.3) is 0 Å². The molecule has 2 heterocycles. The summed E-state index contributed by atoms with van der Waals surface area (Å²) in [6.07, 6.45) is 3.69. The van der Waals surface area contributed by atoms with Crippen molar-refractivity contribution in [3.05, 3.63) is 47.5 Å². The summed E-state index contributed by atoms with van der Waals surface area (Å²) in [5, 5.41) is 0.220. The lowest BCUT2D eigenvalue weighted by Gasteiger charge is -2.44. The molecule has 5 nitrogen and oxygen atoms in total. The van der Waals surface area contributed by atoms with Crippen molar-refractivity contribution in [2.24, 2.45) is 0 Å². The zero-order valence-electron chi connectivity index (χ0n) is 18.4. The number of hydrogen-bond donors (Lipinski definition) is 0. The van der Waals surface area contributed by atoms with Gasteiger partial charge in [-0.2, -0.15) is 0 Å². The third-order valence-corrected chi connectivity index (χ3v) is 10.9. The molecule has 0 spiro atoms. The lowest BCUT2D eigenvalue weighted by atomic mass is 9.93. The van der Waals surface area contributed by atoms with Gasteiger partial charge >= 0.3 is 6.09 Å². The highest BCUT2D eigenvalue weighted by Crippen LogP contribution is 2.37. The van der Waals surface area contributed by atoms with Crippen molar-refractivity contribution >= 4 is 14.4 Å². The van der Waals surface area contributed by atoms with Crippen LogP contribution in [0.1, 0.15) is 39.2 Å². The highest BCUT2D eigenvalue weighted by Gasteiger charge is 2.39. The van der Waals surface area contributed by atoms with E-state index in [9.17, 15) is 4.79 Å². The molecule has 0 aliphatic carbocycles. The SMILES string of the molecule is CC(C)(C)[Si](C)(C)OCCC1=CC2COCC(C1)N2C(=O)OCc1ccccc1. The number of carbonyl (C=O) groups excluding carboxylic acids is 1. The third-order valence-electron chi connectivity index (χ3n) is 6.38. The smallest absolute Gasteiger partial charge is 0.411 e. The van der Waals surface area contributed by atoms with Crippen molar-refractivity contribution in [3.63, 3.8) is 0 Å². The van der Waals surface area contributed by atoms with Gasteiger partial charge in [-0.15, -0.1) is 0 Å². The summed E-state index contributed by atoms with van der Waals surface area (Å²) < 4.78 is 17.6. The topological polar surface area (TPSA) is 48.0 Å². The number of nitrogens with zero attached hydrogens (tertiary/aromatic N) is 1. The van der Waals surface area contributed by atoms with Crippen LogP contribution in [0.3, 0.4) is 0 Å². The summed E-state index contributed by atoms with van der Waals surface area (Å²) in [6.45, 7) is 13.5. The van der Waals surface area contributed by atoms with Gasteiger partial charge < -0.3 is 13.9 Å². The first-order valence-electron chi connectivity index (χ1n) is 10.6. The molecule has 2 aliphatic heterocycles. The number of morpholine rings is 1. The van der Waals surface area contributed by atoms with Crippen LogP contribution in [0.2, 0.25) is 18.1 Å². The Morgan fingerprint density at radius 2 is 1.93 bits per heavy atom. The molecule has 6 heteroatoms. The van der Waals surface area contributed by atoms with Crippen LogP contribution in [-0.2, 0) is 20.5 Å². The number of fused-ring (bicyclic) bond motifs is 2. The fraction of sp³-hybridized carbons (Fsp3) is 0.609. The van der Waals surface area contributed by atoms with Gasteiger partial charge in [0.05, 0.1) is 25.3 Å². The van der Waals surface area contributed by atoms with Crippen molar-refractivity contribution in [1.29, 1.82) is 0 Å². The van der Waals surface area contributed by atoms with Gasteiger partial charge in [0.1, 0.15) is 6.61 Å². The first-order chi connectivity index (χ1) is 13.7. The fourth-order valence-corrected chi connectivity index (χ4v) is 4.65. The second-order valence-corrected chi connectivity index (χ2v) is 14.4. The molecule has 3 rings (SSSR count). The van der Waals surface area contributed by atoms with Gasteiger partial charge in [0.15, 0.2) is 8.32 Å². The molecule has 1 saturated heterocycles. The van der Waals surface area contributed by atoms with E-state index < -0.39 is 8.32 Å². The van der Waals surface area contributed by atoms with Crippen molar-refractivity contribution < 1.29 is 18.7 Å². The van der Waals surface area contributed by atoms with Crippen molar-refractivity contribution in [1.82, 2.24) is 4.90 Å². The number of hydrogen-bond acceptors (Lipinski definition) is 4. The monoisotopic (exact) mass is 417 g/mol. The fourth-order valence-electron chi connectivity index (χ4n) is 3.60. The zero-order chi connectivity index (χ0) is 21.1. The van der Waals surface area contributed by atoms with E-state index in [0.29, 0.717) is 19.8 Å². The Labute approximate surface area is 176 Å². The van der Waals surface area contributed by atoms with Crippen LogP contribution >= 0.6 is 0 Å². The van der Waals surface area contributed by atoms with Gasteiger partial charge in [0.2, 0.25) is 0 Å². The van der Waals surface area contributed by atoms with Crippen LogP contribution in [0.15, 0.2) is 42.0 Å². The quantitative estimate of drug-likeness (QED) is 0.475. The van der Waals surface area contributed by atoms with E-state index >= 15 is 0 Å². The molecule has 0 saturated carbocycles. The minimum Gasteiger partial charge on any atom is -0.445 e. The van der Waals surface area contributed by atoms with Crippen molar-refractivity contribution in [3.8, 4) is 0 Å². The second-order valence-electron chi connectivity index (χ2n) is 9.59. The van der Waals surface area contributed by atoms with Crippen LogP contribution in [-0.4, -0.2) is 51.2 Å². The Bertz CT molecular complexity index is 726. The van der Waals surface area contributed by atoms with Gasteiger partial charge in [0, 0.05) is 6.61 Å². The number of rotatable bonds is 6. The zero-order valence-corrected chi connectivity index (χ0v) is 19.4. The molecular weight excluding hydrogens is 382 g/mol. The van der Waals surface area contributed by atoms with E-state index in [0.717, 1.165) is 25.0 Å². The van der Waals surface area contributed by atoms with Crippen molar-refractivity contribution in [2.45, 2.75) is 70.4 Å². The first kappa shape index (κ1) is 22.1. The maximum Gasteiger partial charge on any atom is 0.411 e. The summed E-state index contributed by atoms with van der Waals surface area (Å²) in [6, 6.07) is 9.79. The predicted octanol–water partition coefficient (Wildman–Crippen LogP) is 5.13. The van der Waals surface area contributed by atoms with Crippen molar-refractivity contribution in [2.75, 3.05) is 19.8 Å². The minimum atomic E-state index is -1.73. The average Bonchev–Trinajstić information content (AvgIpc) is 2.65. The number of ether oxygens (including phenoxy) is 2. The van der Waals surface area contributed by atoms with Gasteiger partial charge in [-0.25, -0.2) is 4.79 Å². The lowest BCUT2D eigenvalue weighted by molar-refractivity contribution is -0.0377. The molecule has 160 valence electrons. The van der Waals surface area contributed by atoms with Crippen LogP contribution in [0.25, 0.3) is 0 Å². The third kappa shape index (κ3) is 5.50. The van der Waals surface area contributed by atoms with Crippen LogP contribution in [0.5, 0.6) is 0 Å². The van der Waals surface area contributed by atoms with E-state index in [-0.39, 0.29) is 23.2 Å². The maximum atomic E-state index is 12.7. The van der Waals surface area contributed by atoms with Gasteiger partial charge in [-0.05, 0) is 36.5 Å². The summed E-state index contributed by atoms with van der Waals surface area (Å²) in [4.78, 5) is 14.6. The number of benzene rings is 1. The predicted molar refractivity (Wildman–Crippen MR) is 117 cm³/mol. The normalized spacial score (nSPS) is 22.2. The number of amides is 1. The molecule has 1 amide bonds. The average molecular weight is 418 g/mol. The van der Waals surface area contributed by atoms with E-state index in [1.807, 2.05) is 35.2 Å². The highest BCUT2D eigenvalue weighted by molar-refractivity contribution is 6.74. The highest BCUT2D eigenvalue weighted by atomic mass is 28.4. The summed E-state index contributed by atoms with van der Waals surface area (Å²) in [5.41, 5.74) is 2.37. The molecule has 0 aromatic heterocycles. The summed E-state index contributed by atoms with van der Waals surface area (Å²) in [7, 11) is -1.73. The Kier molecular flexibility index (Phi) is 6.86. The van der Waals surface area contributed by atoms with E-state index in [4.69, 9.17) is 13.9 Å². The van der Waals surface area contributed by atoms with Crippen LogP contribution in [0, 0.1) is 0 Å². The Balaban J connectivity index is 1.57. The van der Waals surface area contributed by atoms with Crippen LogP contribution in [0.4, 0.5) is 4.79 Å². The van der Waals surface area contributed by atoms with E-state index in [1.165, 1.54) is 5.57 Å². The maximum absolute atomic E-state index is 12.7. The molecule has 2 unspecified atom stereocenters. The summed E-state index contributed by atoms with van der Waals surface area (Å²) >= 11 is 0. The molecule has 0 N–H and O–H groups in total.